The van der Waals surface area contributed by atoms with Crippen LogP contribution in [0.2, 0.25) is 0 Å². The van der Waals surface area contributed by atoms with Crippen LogP contribution in [0.4, 0.5) is 27.8 Å². The highest BCUT2D eigenvalue weighted by Gasteiger charge is 2.43. The van der Waals surface area contributed by atoms with Gasteiger partial charge in [0.05, 0.1) is 25.3 Å². The molecular formula is C24H20F5N3O5. The highest BCUT2D eigenvalue weighted by Crippen LogP contribution is 2.36. The molecule has 0 radical (unpaired) electrons. The second kappa shape index (κ2) is 9.21. The molecule has 1 fully saturated rings. The molecule has 0 spiro atoms. The second-order valence-electron chi connectivity index (χ2n) is 8.82. The molecule has 0 aliphatic carbocycles. The predicted octanol–water partition coefficient (Wildman–Crippen LogP) is 4.40. The first-order valence-electron chi connectivity index (χ1n) is 11.1. The van der Waals surface area contributed by atoms with E-state index in [-0.39, 0.29) is 29.3 Å². The molecule has 1 saturated heterocycles. The fourth-order valence-electron chi connectivity index (χ4n) is 4.38. The number of fused-ring (bicyclic) bond motifs is 3. The van der Waals surface area contributed by atoms with E-state index in [4.69, 9.17) is 14.2 Å². The first kappa shape index (κ1) is 24.8. The Bertz CT molecular complexity index is 1370. The number of benzene rings is 2. The maximum atomic E-state index is 14.6. The summed E-state index contributed by atoms with van der Waals surface area (Å²) in [6.45, 7) is 3.64. The molecule has 0 saturated carbocycles. The molecule has 2 aliphatic heterocycles. The molecule has 3 aromatic rings. The van der Waals surface area contributed by atoms with Crippen molar-refractivity contribution in [3.05, 3.63) is 70.1 Å². The minimum Gasteiger partial charge on any atom is -0.473 e. The van der Waals surface area contributed by atoms with Crippen molar-refractivity contribution in [2.45, 2.75) is 32.0 Å². The Labute approximate surface area is 206 Å². The molecule has 1 aromatic heterocycles. The summed E-state index contributed by atoms with van der Waals surface area (Å²) in [6.07, 6.45) is -4.93. The second-order valence-corrected chi connectivity index (χ2v) is 8.82. The zero-order valence-corrected chi connectivity index (χ0v) is 19.3. The third-order valence-corrected chi connectivity index (χ3v) is 5.97. The van der Waals surface area contributed by atoms with Crippen molar-refractivity contribution in [2.75, 3.05) is 24.7 Å². The maximum absolute atomic E-state index is 14.6. The Balaban J connectivity index is 1.30. The zero-order valence-electron chi connectivity index (χ0n) is 19.3. The average Bonchev–Trinajstić information content (AvgIpc) is 3.12. The number of hydrogen-bond acceptors (Lipinski definition) is 7. The molecule has 0 N–H and O–H groups in total. The summed E-state index contributed by atoms with van der Waals surface area (Å²) in [4.78, 5) is 18.5. The van der Waals surface area contributed by atoms with E-state index < -0.39 is 35.2 Å². The maximum Gasteiger partial charge on any atom is 0.573 e. The first-order valence-corrected chi connectivity index (χ1v) is 11.1. The van der Waals surface area contributed by atoms with Crippen molar-refractivity contribution in [2.24, 2.45) is 0 Å². The van der Waals surface area contributed by atoms with Crippen LogP contribution in [0.3, 0.4) is 0 Å². The summed E-state index contributed by atoms with van der Waals surface area (Å²) < 4.78 is 88.1. The van der Waals surface area contributed by atoms with Crippen LogP contribution in [0, 0.1) is 11.6 Å². The Kier molecular flexibility index (Phi) is 6.18. The molecule has 2 aromatic carbocycles. The Morgan fingerprint density at radius 1 is 1.11 bits per heavy atom. The molecule has 8 nitrogen and oxygen atoms in total. The van der Waals surface area contributed by atoms with Gasteiger partial charge in [-0.3, -0.25) is 4.57 Å². The van der Waals surface area contributed by atoms with Crippen LogP contribution in [0.1, 0.15) is 12.5 Å². The highest BCUT2D eigenvalue weighted by molar-refractivity contribution is 5.50. The fourth-order valence-corrected chi connectivity index (χ4v) is 4.38. The van der Waals surface area contributed by atoms with Crippen molar-refractivity contribution in [3.63, 3.8) is 0 Å². The van der Waals surface area contributed by atoms with Gasteiger partial charge >= 0.3 is 12.1 Å². The normalized spacial score (nSPS) is 18.8. The van der Waals surface area contributed by atoms with Gasteiger partial charge < -0.3 is 23.8 Å². The molecule has 3 heterocycles. The van der Waals surface area contributed by atoms with Gasteiger partial charge in [-0.2, -0.15) is 4.98 Å². The van der Waals surface area contributed by atoms with E-state index in [0.29, 0.717) is 32.1 Å². The quantitative estimate of drug-likeness (QED) is 0.442. The molecule has 2 aliphatic rings. The molecule has 0 unspecified atom stereocenters. The van der Waals surface area contributed by atoms with E-state index in [1.54, 1.807) is 6.07 Å². The lowest BCUT2D eigenvalue weighted by Gasteiger charge is -2.39. The van der Waals surface area contributed by atoms with Gasteiger partial charge in [-0.1, -0.05) is 6.07 Å². The van der Waals surface area contributed by atoms with Crippen molar-refractivity contribution in [1.29, 1.82) is 0 Å². The average molecular weight is 525 g/mol. The van der Waals surface area contributed by atoms with Crippen molar-refractivity contribution >= 4 is 5.82 Å². The summed E-state index contributed by atoms with van der Waals surface area (Å²) in [5.74, 6) is -3.27. The topological polar surface area (TPSA) is 75.1 Å². The van der Waals surface area contributed by atoms with Gasteiger partial charge in [-0.15, -0.1) is 13.2 Å². The van der Waals surface area contributed by atoms with Gasteiger partial charge in [0.15, 0.2) is 17.4 Å². The highest BCUT2D eigenvalue weighted by atomic mass is 19.4. The minimum absolute atomic E-state index is 0.00499. The van der Waals surface area contributed by atoms with Crippen LogP contribution < -0.4 is 24.8 Å². The molecule has 196 valence electrons. The van der Waals surface area contributed by atoms with Crippen molar-refractivity contribution in [3.8, 4) is 23.1 Å². The lowest BCUT2D eigenvalue weighted by Crippen LogP contribution is -2.53. The standard InChI is InChI=1S/C24H20F5N3O5/c1-23-12-31-20(32(23)5-6-34-13-23)10-19(30-22(31)33)35-11-14-7-17(25)21(18(26)8-14)36-15-3-2-4-16(9-15)37-24(27,28)29/h2-4,7-10H,5-6,11-13H2,1H3/t23-/m1/s1. The Hall–Kier alpha value is -3.87. The number of nitrogens with zero attached hydrogens (tertiary/aromatic N) is 3. The van der Waals surface area contributed by atoms with E-state index >= 15 is 0 Å². The summed E-state index contributed by atoms with van der Waals surface area (Å²) in [5.41, 5.74) is -0.818. The van der Waals surface area contributed by atoms with Crippen LogP contribution in [0.5, 0.6) is 23.1 Å². The third kappa shape index (κ3) is 5.17. The van der Waals surface area contributed by atoms with Gasteiger partial charge in [0.25, 0.3) is 0 Å². The Morgan fingerprint density at radius 3 is 2.57 bits per heavy atom. The predicted molar refractivity (Wildman–Crippen MR) is 119 cm³/mol. The number of morpholine rings is 1. The zero-order chi connectivity index (χ0) is 26.4. The number of alkyl halides is 3. The van der Waals surface area contributed by atoms with Gasteiger partial charge in [-0.25, -0.2) is 13.6 Å². The number of rotatable bonds is 6. The van der Waals surface area contributed by atoms with E-state index in [9.17, 15) is 26.7 Å². The van der Waals surface area contributed by atoms with Gasteiger partial charge in [-0.05, 0) is 36.8 Å². The molecular weight excluding hydrogens is 505 g/mol. The lowest BCUT2D eigenvalue weighted by atomic mass is 10.0. The number of halogens is 5. The van der Waals surface area contributed by atoms with Gasteiger partial charge in [0.1, 0.15) is 23.9 Å². The molecule has 1 atom stereocenters. The minimum atomic E-state index is -4.93. The van der Waals surface area contributed by atoms with Crippen LogP contribution >= 0.6 is 0 Å². The summed E-state index contributed by atoms with van der Waals surface area (Å²) in [5, 5.41) is 0. The SMILES string of the molecule is C[C@@]12COCCN1c1cc(OCc3cc(F)c(Oc4cccc(OC(F)(F)F)c4)c(F)c3)nc(=O)n1C2. The third-order valence-electron chi connectivity index (χ3n) is 5.97. The molecule has 0 amide bonds. The summed E-state index contributed by atoms with van der Waals surface area (Å²) in [7, 11) is 0. The van der Waals surface area contributed by atoms with Crippen LogP contribution in [-0.4, -0.2) is 41.2 Å². The van der Waals surface area contributed by atoms with Crippen molar-refractivity contribution in [1.82, 2.24) is 9.55 Å². The molecule has 13 heteroatoms. The van der Waals surface area contributed by atoms with E-state index in [1.165, 1.54) is 16.7 Å². The summed E-state index contributed by atoms with van der Waals surface area (Å²) in [6, 6.07) is 7.77. The van der Waals surface area contributed by atoms with Gasteiger partial charge in [0, 0.05) is 18.7 Å². The molecule has 37 heavy (non-hydrogen) atoms. The number of ether oxygens (including phenoxy) is 4. The molecule has 5 rings (SSSR count). The van der Waals surface area contributed by atoms with Crippen LogP contribution in [0.25, 0.3) is 0 Å². The van der Waals surface area contributed by atoms with E-state index in [1.807, 2.05) is 11.8 Å². The van der Waals surface area contributed by atoms with Crippen LogP contribution in [-0.2, 0) is 17.9 Å². The number of hydrogen-bond donors (Lipinski definition) is 0. The van der Waals surface area contributed by atoms with Crippen molar-refractivity contribution < 1.29 is 40.9 Å². The lowest BCUT2D eigenvalue weighted by molar-refractivity contribution is -0.274. The number of aromatic nitrogens is 2. The van der Waals surface area contributed by atoms with Crippen LogP contribution in [0.15, 0.2) is 47.3 Å². The van der Waals surface area contributed by atoms with E-state index in [0.717, 1.165) is 24.3 Å². The first-order chi connectivity index (χ1) is 17.5. The van der Waals surface area contributed by atoms with Gasteiger partial charge in [0.2, 0.25) is 5.88 Å². The molecule has 0 bridgehead atoms. The summed E-state index contributed by atoms with van der Waals surface area (Å²) >= 11 is 0. The smallest absolute Gasteiger partial charge is 0.473 e. The fraction of sp³-hybridized carbons (Fsp3) is 0.333. The largest absolute Gasteiger partial charge is 0.573 e. The van der Waals surface area contributed by atoms with E-state index in [2.05, 4.69) is 9.72 Å². The Morgan fingerprint density at radius 2 is 1.84 bits per heavy atom. The monoisotopic (exact) mass is 525 g/mol. The number of anilines is 1.